The van der Waals surface area contributed by atoms with E-state index in [1.165, 1.54) is 0 Å². The molecule has 0 aliphatic rings. The van der Waals surface area contributed by atoms with Gasteiger partial charge in [-0.1, -0.05) is 0 Å². The van der Waals surface area contributed by atoms with Gasteiger partial charge in [-0.05, 0) is 57.3 Å². The molecule has 0 spiro atoms. The van der Waals surface area contributed by atoms with E-state index in [2.05, 4.69) is 15.7 Å². The number of hydrogen-bond acceptors (Lipinski definition) is 3. The van der Waals surface area contributed by atoms with Crippen molar-refractivity contribution in [2.45, 2.75) is 27.3 Å². The molecule has 0 bridgehead atoms. The lowest BCUT2D eigenvalue weighted by molar-refractivity contribution is 0.340. The zero-order chi connectivity index (χ0) is 23.6. The Bertz CT molecular complexity index is 1140. The number of aromatic nitrogens is 2. The van der Waals surface area contributed by atoms with Gasteiger partial charge in [-0.25, -0.2) is 22.0 Å². The standard InChI is InChI=1S/C21H19F5N4OS/c1-4-31-13-7-5-12(6-8-13)27-21(32)28-20-10(2)29-30(11(20)3)9-14-15(22)17(24)19(26)18(25)16(14)23/h5-8H,4,9H2,1-3H3,(H2,27,28,32). The summed E-state index contributed by atoms with van der Waals surface area (Å²) in [5.74, 6) is -9.28. The Labute approximate surface area is 186 Å². The number of anilines is 2. The second-order valence-electron chi connectivity index (χ2n) is 6.79. The molecule has 0 aliphatic heterocycles. The van der Waals surface area contributed by atoms with Crippen LogP contribution in [0.4, 0.5) is 33.3 Å². The number of benzene rings is 2. The van der Waals surface area contributed by atoms with Crippen molar-refractivity contribution in [1.82, 2.24) is 9.78 Å². The molecule has 1 heterocycles. The minimum absolute atomic E-state index is 0.219. The van der Waals surface area contributed by atoms with Crippen molar-refractivity contribution in [3.8, 4) is 5.75 Å². The summed E-state index contributed by atoms with van der Waals surface area (Å²) < 4.78 is 74.9. The third-order valence-corrected chi connectivity index (χ3v) is 4.86. The highest BCUT2D eigenvalue weighted by Crippen LogP contribution is 2.26. The predicted octanol–water partition coefficient (Wildman–Crippen LogP) is 5.45. The van der Waals surface area contributed by atoms with Crippen LogP contribution >= 0.6 is 12.2 Å². The van der Waals surface area contributed by atoms with Gasteiger partial charge in [-0.15, -0.1) is 0 Å². The molecule has 3 rings (SSSR count). The van der Waals surface area contributed by atoms with Gasteiger partial charge in [-0.2, -0.15) is 5.10 Å². The SMILES string of the molecule is CCOc1ccc(NC(=S)Nc2c(C)nn(Cc3c(F)c(F)c(F)c(F)c3F)c2C)cc1. The van der Waals surface area contributed by atoms with E-state index in [1.807, 2.05) is 6.92 Å². The first kappa shape index (κ1) is 23.5. The molecule has 2 N–H and O–H groups in total. The number of rotatable bonds is 6. The first-order valence-electron chi connectivity index (χ1n) is 9.49. The molecule has 0 unspecified atom stereocenters. The van der Waals surface area contributed by atoms with Crippen LogP contribution in [-0.4, -0.2) is 21.5 Å². The van der Waals surface area contributed by atoms with Gasteiger partial charge in [0.15, 0.2) is 28.4 Å². The average Bonchev–Trinajstić information content (AvgIpc) is 3.02. The van der Waals surface area contributed by atoms with Crippen molar-refractivity contribution in [2.75, 3.05) is 17.2 Å². The van der Waals surface area contributed by atoms with E-state index in [1.54, 1.807) is 38.1 Å². The molecular formula is C21H19F5N4OS. The number of nitrogens with zero attached hydrogens (tertiary/aromatic N) is 2. The number of ether oxygens (including phenoxy) is 1. The van der Waals surface area contributed by atoms with Crippen LogP contribution in [0.3, 0.4) is 0 Å². The normalized spacial score (nSPS) is 10.9. The fourth-order valence-corrected chi connectivity index (χ4v) is 3.27. The maximum absolute atomic E-state index is 14.0. The summed E-state index contributed by atoms with van der Waals surface area (Å²) in [5.41, 5.74) is 0.963. The second-order valence-corrected chi connectivity index (χ2v) is 7.20. The summed E-state index contributed by atoms with van der Waals surface area (Å²) in [6.07, 6.45) is 0. The molecular weight excluding hydrogens is 451 g/mol. The molecule has 0 saturated carbocycles. The number of hydrogen-bond donors (Lipinski definition) is 2. The van der Waals surface area contributed by atoms with Crippen molar-refractivity contribution in [2.24, 2.45) is 0 Å². The van der Waals surface area contributed by atoms with E-state index in [9.17, 15) is 22.0 Å². The van der Waals surface area contributed by atoms with Crippen LogP contribution in [0.2, 0.25) is 0 Å². The minimum atomic E-state index is -2.20. The molecule has 170 valence electrons. The van der Waals surface area contributed by atoms with E-state index in [0.29, 0.717) is 35.1 Å². The van der Waals surface area contributed by atoms with Gasteiger partial charge in [0, 0.05) is 5.69 Å². The molecule has 2 aromatic carbocycles. The first-order valence-corrected chi connectivity index (χ1v) is 9.90. The zero-order valence-electron chi connectivity index (χ0n) is 17.3. The Kier molecular flexibility index (Phi) is 6.97. The fraction of sp³-hybridized carbons (Fsp3) is 0.238. The quantitative estimate of drug-likeness (QED) is 0.217. The van der Waals surface area contributed by atoms with Gasteiger partial charge >= 0.3 is 0 Å². The monoisotopic (exact) mass is 470 g/mol. The Morgan fingerprint density at radius 2 is 1.50 bits per heavy atom. The Morgan fingerprint density at radius 1 is 0.938 bits per heavy atom. The maximum atomic E-state index is 14.0. The van der Waals surface area contributed by atoms with Crippen LogP contribution in [0.15, 0.2) is 24.3 Å². The Morgan fingerprint density at radius 3 is 2.06 bits per heavy atom. The van der Waals surface area contributed by atoms with Crippen LogP contribution < -0.4 is 15.4 Å². The molecule has 0 aliphatic carbocycles. The molecule has 3 aromatic rings. The van der Waals surface area contributed by atoms with Gasteiger partial charge in [0.1, 0.15) is 5.75 Å². The summed E-state index contributed by atoms with van der Waals surface area (Å²) >= 11 is 5.30. The van der Waals surface area contributed by atoms with Crippen molar-refractivity contribution in [3.63, 3.8) is 0 Å². The number of thiocarbonyl (C=S) groups is 1. The van der Waals surface area contributed by atoms with Gasteiger partial charge in [0.2, 0.25) is 5.82 Å². The molecule has 5 nitrogen and oxygen atoms in total. The number of nitrogens with one attached hydrogen (secondary N) is 2. The zero-order valence-corrected chi connectivity index (χ0v) is 18.1. The summed E-state index contributed by atoms with van der Waals surface area (Å²) in [6.45, 7) is 4.96. The highest BCUT2D eigenvalue weighted by atomic mass is 32.1. The van der Waals surface area contributed by atoms with Gasteiger partial charge < -0.3 is 15.4 Å². The Hall–Kier alpha value is -3.21. The highest BCUT2D eigenvalue weighted by Gasteiger charge is 2.26. The molecule has 0 fully saturated rings. The smallest absolute Gasteiger partial charge is 0.200 e. The highest BCUT2D eigenvalue weighted by molar-refractivity contribution is 7.80. The first-order chi connectivity index (χ1) is 15.1. The lowest BCUT2D eigenvalue weighted by Gasteiger charge is -2.12. The molecule has 0 amide bonds. The second kappa shape index (κ2) is 9.51. The molecule has 0 atom stereocenters. The number of halogens is 5. The molecule has 0 radical (unpaired) electrons. The summed E-state index contributed by atoms with van der Waals surface area (Å²) in [4.78, 5) is 0. The molecule has 0 saturated heterocycles. The lowest BCUT2D eigenvalue weighted by atomic mass is 10.1. The average molecular weight is 470 g/mol. The van der Waals surface area contributed by atoms with Gasteiger partial charge in [0.05, 0.1) is 35.8 Å². The van der Waals surface area contributed by atoms with Crippen LogP contribution in [0.5, 0.6) is 5.75 Å². The van der Waals surface area contributed by atoms with Crippen LogP contribution in [0, 0.1) is 42.9 Å². The molecule has 11 heteroatoms. The largest absolute Gasteiger partial charge is 0.494 e. The van der Waals surface area contributed by atoms with Gasteiger partial charge in [-0.3, -0.25) is 4.68 Å². The van der Waals surface area contributed by atoms with E-state index in [0.717, 1.165) is 4.68 Å². The fourth-order valence-electron chi connectivity index (χ4n) is 3.05. The van der Waals surface area contributed by atoms with Crippen molar-refractivity contribution in [1.29, 1.82) is 0 Å². The third-order valence-electron chi connectivity index (χ3n) is 4.65. The predicted molar refractivity (Wildman–Crippen MR) is 114 cm³/mol. The van der Waals surface area contributed by atoms with Crippen molar-refractivity contribution >= 4 is 28.7 Å². The van der Waals surface area contributed by atoms with E-state index in [-0.39, 0.29) is 5.11 Å². The van der Waals surface area contributed by atoms with Crippen LogP contribution in [-0.2, 0) is 6.54 Å². The molecule has 1 aromatic heterocycles. The Balaban J connectivity index is 1.79. The van der Waals surface area contributed by atoms with E-state index >= 15 is 0 Å². The van der Waals surface area contributed by atoms with Crippen LogP contribution in [0.1, 0.15) is 23.9 Å². The van der Waals surface area contributed by atoms with Crippen molar-refractivity contribution < 1.29 is 26.7 Å². The summed E-state index contributed by atoms with van der Waals surface area (Å²) in [7, 11) is 0. The topological polar surface area (TPSA) is 51.1 Å². The maximum Gasteiger partial charge on any atom is 0.200 e. The molecule has 32 heavy (non-hydrogen) atoms. The lowest BCUT2D eigenvalue weighted by Crippen LogP contribution is -2.20. The number of aryl methyl sites for hydroxylation is 1. The summed E-state index contributed by atoms with van der Waals surface area (Å²) in [6, 6.07) is 7.08. The minimum Gasteiger partial charge on any atom is -0.494 e. The summed E-state index contributed by atoms with van der Waals surface area (Å²) in [5, 5.41) is 10.3. The van der Waals surface area contributed by atoms with E-state index < -0.39 is 41.2 Å². The third kappa shape index (κ3) is 4.67. The van der Waals surface area contributed by atoms with E-state index in [4.69, 9.17) is 17.0 Å². The van der Waals surface area contributed by atoms with Gasteiger partial charge in [0.25, 0.3) is 0 Å². The van der Waals surface area contributed by atoms with Crippen molar-refractivity contribution in [3.05, 3.63) is 70.3 Å². The van der Waals surface area contributed by atoms with Crippen LogP contribution in [0.25, 0.3) is 0 Å².